The fraction of sp³-hybridized carbons (Fsp3) is 0.417. The van der Waals surface area contributed by atoms with Gasteiger partial charge in [0.15, 0.2) is 11.5 Å². The average molecular weight is 345 g/mol. The molecule has 0 unspecified atom stereocenters. The van der Waals surface area contributed by atoms with E-state index < -0.39 is 17.0 Å². The van der Waals surface area contributed by atoms with Crippen LogP contribution in [0.4, 0.5) is 0 Å². The summed E-state index contributed by atoms with van der Waals surface area (Å²) >= 11 is 3.16. The van der Waals surface area contributed by atoms with Crippen molar-refractivity contribution in [2.45, 2.75) is 24.9 Å². The molecule has 0 saturated carbocycles. The highest BCUT2D eigenvalue weighted by molar-refractivity contribution is 9.10. The maximum Gasteiger partial charge on any atom is 0.237 e. The molecule has 0 spiro atoms. The number of halogens is 1. The minimum absolute atomic E-state index is 0.0870. The molecule has 0 bridgehead atoms. The van der Waals surface area contributed by atoms with E-state index in [0.717, 1.165) is 0 Å². The predicted molar refractivity (Wildman–Crippen MR) is 73.3 cm³/mol. The number of piperidine rings is 1. The Morgan fingerprint density at radius 1 is 1.55 bits per heavy atom. The standard InChI is InChI=1S/C12H13BrN2O5/c1-20-9-5-6(4-7(13)12(9)17)11-8(15(18)19)2-3-10(16)14-11/h4-5,8,11,17H,2-3H2,1H3,(H,14,16)/t8-,11+/m0/s1. The summed E-state index contributed by atoms with van der Waals surface area (Å²) in [4.78, 5) is 22.2. The number of aromatic hydroxyl groups is 1. The van der Waals surface area contributed by atoms with Crippen LogP contribution in [0.5, 0.6) is 11.5 Å². The van der Waals surface area contributed by atoms with Gasteiger partial charge in [-0.1, -0.05) is 0 Å². The molecule has 0 aliphatic carbocycles. The summed E-state index contributed by atoms with van der Waals surface area (Å²) in [6.45, 7) is 0. The molecule has 1 heterocycles. The molecule has 1 aliphatic rings. The van der Waals surface area contributed by atoms with Crippen LogP contribution in [0.1, 0.15) is 24.4 Å². The van der Waals surface area contributed by atoms with Crippen molar-refractivity contribution in [3.63, 3.8) is 0 Å². The molecule has 1 saturated heterocycles. The number of rotatable bonds is 3. The van der Waals surface area contributed by atoms with Gasteiger partial charge in [0, 0.05) is 17.8 Å². The summed E-state index contributed by atoms with van der Waals surface area (Å²) in [5.41, 5.74) is 0.515. The molecule has 2 N–H and O–H groups in total. The summed E-state index contributed by atoms with van der Waals surface area (Å²) in [7, 11) is 1.38. The van der Waals surface area contributed by atoms with E-state index >= 15 is 0 Å². The molecule has 2 rings (SSSR count). The Morgan fingerprint density at radius 3 is 2.85 bits per heavy atom. The lowest BCUT2D eigenvalue weighted by atomic mass is 9.92. The second-order valence-electron chi connectivity index (χ2n) is 4.49. The van der Waals surface area contributed by atoms with E-state index in [1.54, 1.807) is 6.07 Å². The molecule has 7 nitrogen and oxygen atoms in total. The van der Waals surface area contributed by atoms with Crippen molar-refractivity contribution in [3.05, 3.63) is 32.3 Å². The van der Waals surface area contributed by atoms with Gasteiger partial charge < -0.3 is 15.2 Å². The number of nitrogens with zero attached hydrogens (tertiary/aromatic N) is 1. The molecule has 1 fully saturated rings. The first kappa shape index (κ1) is 14.6. The van der Waals surface area contributed by atoms with Crippen LogP contribution in [-0.2, 0) is 4.79 Å². The number of amides is 1. The van der Waals surface area contributed by atoms with Gasteiger partial charge in [0.25, 0.3) is 0 Å². The monoisotopic (exact) mass is 344 g/mol. The number of hydrogen-bond acceptors (Lipinski definition) is 5. The number of carbonyl (C=O) groups is 1. The smallest absolute Gasteiger partial charge is 0.237 e. The second kappa shape index (κ2) is 5.66. The number of methoxy groups -OCH3 is 1. The Balaban J connectivity index is 2.43. The fourth-order valence-corrected chi connectivity index (χ4v) is 2.71. The first-order valence-corrected chi connectivity index (χ1v) is 6.72. The van der Waals surface area contributed by atoms with Gasteiger partial charge in [-0.3, -0.25) is 14.9 Å². The third-order valence-corrected chi connectivity index (χ3v) is 3.87. The molecule has 8 heteroatoms. The Bertz CT molecular complexity index is 563. The lowest BCUT2D eigenvalue weighted by Crippen LogP contribution is -2.45. The second-order valence-corrected chi connectivity index (χ2v) is 5.34. The maximum atomic E-state index is 11.5. The Morgan fingerprint density at radius 2 is 2.25 bits per heavy atom. The zero-order valence-electron chi connectivity index (χ0n) is 10.6. The van der Waals surface area contributed by atoms with Gasteiger partial charge in [-0.05, 0) is 33.6 Å². The third-order valence-electron chi connectivity index (χ3n) is 3.27. The molecule has 1 aromatic rings. The number of hydrogen-bond donors (Lipinski definition) is 2. The highest BCUT2D eigenvalue weighted by Gasteiger charge is 2.38. The van der Waals surface area contributed by atoms with Crippen LogP contribution in [0, 0.1) is 10.1 Å². The van der Waals surface area contributed by atoms with E-state index in [1.165, 1.54) is 13.2 Å². The molecule has 1 aliphatic heterocycles. The minimum atomic E-state index is -0.895. The largest absolute Gasteiger partial charge is 0.503 e. The van der Waals surface area contributed by atoms with Gasteiger partial charge in [-0.2, -0.15) is 0 Å². The summed E-state index contributed by atoms with van der Waals surface area (Å²) in [6.07, 6.45) is 0.322. The van der Waals surface area contributed by atoms with Crippen LogP contribution < -0.4 is 10.1 Å². The first-order valence-electron chi connectivity index (χ1n) is 5.93. The van der Waals surface area contributed by atoms with Crippen LogP contribution in [0.3, 0.4) is 0 Å². The van der Waals surface area contributed by atoms with Crippen LogP contribution in [-0.4, -0.2) is 29.1 Å². The van der Waals surface area contributed by atoms with Gasteiger partial charge in [-0.25, -0.2) is 0 Å². The van der Waals surface area contributed by atoms with Crippen molar-refractivity contribution in [3.8, 4) is 11.5 Å². The number of nitrogens with one attached hydrogen (secondary N) is 1. The van der Waals surface area contributed by atoms with E-state index in [0.29, 0.717) is 10.0 Å². The number of benzene rings is 1. The zero-order chi connectivity index (χ0) is 14.9. The molecule has 1 aromatic carbocycles. The molecular weight excluding hydrogens is 332 g/mol. The van der Waals surface area contributed by atoms with Gasteiger partial charge >= 0.3 is 0 Å². The molecule has 0 radical (unpaired) electrons. The van der Waals surface area contributed by atoms with Crippen LogP contribution in [0.25, 0.3) is 0 Å². The van der Waals surface area contributed by atoms with E-state index in [9.17, 15) is 20.0 Å². The van der Waals surface area contributed by atoms with Crippen LogP contribution >= 0.6 is 15.9 Å². The minimum Gasteiger partial charge on any atom is -0.503 e. The lowest BCUT2D eigenvalue weighted by molar-refractivity contribution is -0.529. The number of phenolic OH excluding ortho intramolecular Hbond substituents is 1. The summed E-state index contributed by atoms with van der Waals surface area (Å²) < 4.78 is 5.37. The summed E-state index contributed by atoms with van der Waals surface area (Å²) in [5, 5.41) is 23.5. The number of nitro groups is 1. The predicted octanol–water partition coefficient (Wildman–Crippen LogP) is 1.76. The zero-order valence-corrected chi connectivity index (χ0v) is 12.2. The quantitative estimate of drug-likeness (QED) is 0.642. The first-order chi connectivity index (χ1) is 9.43. The topological polar surface area (TPSA) is 102 Å². The normalized spacial score (nSPS) is 22.2. The van der Waals surface area contributed by atoms with Crippen molar-refractivity contribution in [2.75, 3.05) is 7.11 Å². The fourth-order valence-electron chi connectivity index (χ4n) is 2.25. The molecule has 108 valence electrons. The molecule has 2 atom stereocenters. The van der Waals surface area contributed by atoms with Crippen molar-refractivity contribution >= 4 is 21.8 Å². The van der Waals surface area contributed by atoms with Crippen molar-refractivity contribution in [1.82, 2.24) is 5.32 Å². The van der Waals surface area contributed by atoms with E-state index in [2.05, 4.69) is 21.2 Å². The molecular formula is C12H13BrN2O5. The van der Waals surface area contributed by atoms with Crippen LogP contribution in [0.15, 0.2) is 16.6 Å². The van der Waals surface area contributed by atoms with Gasteiger partial charge in [-0.15, -0.1) is 0 Å². The number of ether oxygens (including phenoxy) is 1. The SMILES string of the molecule is COc1cc([C@H]2NC(=O)CC[C@@H]2[N+](=O)[O-])cc(Br)c1O. The summed E-state index contributed by atoms with van der Waals surface area (Å²) in [6, 6.07) is 1.41. The molecule has 0 aromatic heterocycles. The summed E-state index contributed by atoms with van der Waals surface area (Å²) in [5.74, 6) is -0.122. The van der Waals surface area contributed by atoms with Crippen molar-refractivity contribution in [1.29, 1.82) is 0 Å². The highest BCUT2D eigenvalue weighted by Crippen LogP contribution is 2.38. The Hall–Kier alpha value is -1.83. The van der Waals surface area contributed by atoms with E-state index in [-0.39, 0.29) is 30.2 Å². The Labute approximate surface area is 123 Å². The number of carbonyl (C=O) groups excluding carboxylic acids is 1. The Kier molecular flexibility index (Phi) is 4.12. The molecule has 20 heavy (non-hydrogen) atoms. The van der Waals surface area contributed by atoms with Gasteiger partial charge in [0.2, 0.25) is 11.9 Å². The van der Waals surface area contributed by atoms with E-state index in [4.69, 9.17) is 4.74 Å². The van der Waals surface area contributed by atoms with Crippen LogP contribution in [0.2, 0.25) is 0 Å². The number of phenols is 1. The highest BCUT2D eigenvalue weighted by atomic mass is 79.9. The lowest BCUT2D eigenvalue weighted by Gasteiger charge is -2.27. The third kappa shape index (κ3) is 2.69. The van der Waals surface area contributed by atoms with Crippen molar-refractivity contribution in [2.24, 2.45) is 0 Å². The van der Waals surface area contributed by atoms with E-state index in [1.807, 2.05) is 0 Å². The van der Waals surface area contributed by atoms with Gasteiger partial charge in [0.05, 0.1) is 11.6 Å². The average Bonchev–Trinajstić information content (AvgIpc) is 2.41. The maximum absolute atomic E-state index is 11.5. The van der Waals surface area contributed by atoms with Crippen molar-refractivity contribution < 1.29 is 19.6 Å². The van der Waals surface area contributed by atoms with Gasteiger partial charge in [0.1, 0.15) is 6.04 Å². The molecule has 1 amide bonds.